The summed E-state index contributed by atoms with van der Waals surface area (Å²) < 4.78 is 18.2. The number of halogens is 2. The van der Waals surface area contributed by atoms with E-state index in [1.807, 2.05) is 6.92 Å². The van der Waals surface area contributed by atoms with Gasteiger partial charge in [0.1, 0.15) is 16.6 Å². The Labute approximate surface area is 87.8 Å². The molecule has 0 aliphatic rings. The van der Waals surface area contributed by atoms with Gasteiger partial charge in [-0.2, -0.15) is 0 Å². The topological polar surface area (TPSA) is 35.2 Å². The molecule has 1 atom stereocenters. The molecule has 0 aromatic heterocycles. The fourth-order valence-electron chi connectivity index (χ4n) is 1.26. The van der Waals surface area contributed by atoms with E-state index in [0.29, 0.717) is 12.2 Å². The van der Waals surface area contributed by atoms with Crippen molar-refractivity contribution in [2.24, 2.45) is 5.73 Å². The van der Waals surface area contributed by atoms with Gasteiger partial charge in [-0.25, -0.2) is 4.39 Å². The predicted octanol–water partition coefficient (Wildman–Crippen LogP) is 2.38. The van der Waals surface area contributed by atoms with Gasteiger partial charge in [0.25, 0.3) is 0 Å². The standard InChI is InChI=1S/C10H13ClFNO/c1-6(13)3-7-4-8(12)10(11)9(5-7)14-2/h4-6H,3,13H2,1-2H3. The van der Waals surface area contributed by atoms with Crippen molar-refractivity contribution in [3.8, 4) is 5.75 Å². The van der Waals surface area contributed by atoms with Crippen LogP contribution in [0.1, 0.15) is 12.5 Å². The molecule has 2 N–H and O–H groups in total. The van der Waals surface area contributed by atoms with Crippen molar-refractivity contribution in [2.75, 3.05) is 7.11 Å². The maximum absolute atomic E-state index is 13.2. The summed E-state index contributed by atoms with van der Waals surface area (Å²) in [5.74, 6) is -0.121. The van der Waals surface area contributed by atoms with Crippen LogP contribution in [0.4, 0.5) is 4.39 Å². The van der Waals surface area contributed by atoms with E-state index in [1.165, 1.54) is 13.2 Å². The first kappa shape index (κ1) is 11.3. The lowest BCUT2D eigenvalue weighted by Crippen LogP contribution is -2.17. The molecule has 0 aliphatic heterocycles. The lowest BCUT2D eigenvalue weighted by atomic mass is 10.1. The van der Waals surface area contributed by atoms with Gasteiger partial charge in [0, 0.05) is 6.04 Å². The van der Waals surface area contributed by atoms with Crippen LogP contribution in [0.2, 0.25) is 5.02 Å². The second kappa shape index (κ2) is 4.62. The highest BCUT2D eigenvalue weighted by atomic mass is 35.5. The summed E-state index contributed by atoms with van der Waals surface area (Å²) in [4.78, 5) is 0. The van der Waals surface area contributed by atoms with Crippen LogP contribution in [0.5, 0.6) is 5.75 Å². The monoisotopic (exact) mass is 217 g/mol. The Balaban J connectivity index is 3.03. The Bertz CT molecular complexity index is 328. The molecule has 0 saturated carbocycles. The number of nitrogens with two attached hydrogens (primary N) is 1. The second-order valence-corrected chi connectivity index (χ2v) is 3.65. The van der Waals surface area contributed by atoms with Crippen molar-refractivity contribution in [1.29, 1.82) is 0 Å². The van der Waals surface area contributed by atoms with E-state index in [-0.39, 0.29) is 11.1 Å². The van der Waals surface area contributed by atoms with E-state index in [0.717, 1.165) is 5.56 Å². The molecule has 0 heterocycles. The van der Waals surface area contributed by atoms with Gasteiger partial charge in [-0.1, -0.05) is 11.6 Å². The maximum atomic E-state index is 13.2. The van der Waals surface area contributed by atoms with Crippen LogP contribution in [-0.4, -0.2) is 13.2 Å². The normalized spacial score (nSPS) is 12.6. The molecule has 0 radical (unpaired) electrons. The predicted molar refractivity (Wildman–Crippen MR) is 55.3 cm³/mol. The van der Waals surface area contributed by atoms with E-state index in [1.54, 1.807) is 6.07 Å². The lowest BCUT2D eigenvalue weighted by Gasteiger charge is -2.09. The fourth-order valence-corrected chi connectivity index (χ4v) is 1.44. The van der Waals surface area contributed by atoms with Crippen LogP contribution >= 0.6 is 11.6 Å². The van der Waals surface area contributed by atoms with Crippen molar-refractivity contribution in [1.82, 2.24) is 0 Å². The zero-order chi connectivity index (χ0) is 10.7. The van der Waals surface area contributed by atoms with Gasteiger partial charge in [0.2, 0.25) is 0 Å². The van der Waals surface area contributed by atoms with Gasteiger partial charge in [-0.3, -0.25) is 0 Å². The molecule has 0 spiro atoms. The molecule has 0 aliphatic carbocycles. The zero-order valence-corrected chi connectivity index (χ0v) is 8.94. The summed E-state index contributed by atoms with van der Waals surface area (Å²) in [7, 11) is 1.45. The van der Waals surface area contributed by atoms with Gasteiger partial charge >= 0.3 is 0 Å². The summed E-state index contributed by atoms with van der Waals surface area (Å²) in [5.41, 5.74) is 6.40. The van der Waals surface area contributed by atoms with Crippen molar-refractivity contribution in [3.63, 3.8) is 0 Å². The number of ether oxygens (including phenoxy) is 1. The van der Waals surface area contributed by atoms with Gasteiger partial charge in [-0.15, -0.1) is 0 Å². The Hall–Kier alpha value is -0.800. The molecule has 1 aromatic carbocycles. The molecular weight excluding hydrogens is 205 g/mol. The van der Waals surface area contributed by atoms with Crippen molar-refractivity contribution >= 4 is 11.6 Å². The molecule has 1 rings (SSSR count). The van der Waals surface area contributed by atoms with Crippen LogP contribution in [0, 0.1) is 5.82 Å². The Morgan fingerprint density at radius 2 is 2.21 bits per heavy atom. The van der Waals surface area contributed by atoms with E-state index >= 15 is 0 Å². The minimum Gasteiger partial charge on any atom is -0.495 e. The Morgan fingerprint density at radius 3 is 2.71 bits per heavy atom. The molecule has 0 saturated heterocycles. The summed E-state index contributed by atoms with van der Waals surface area (Å²) in [6, 6.07) is 3.07. The molecule has 0 bridgehead atoms. The molecule has 0 fully saturated rings. The van der Waals surface area contributed by atoms with E-state index < -0.39 is 5.82 Å². The summed E-state index contributed by atoms with van der Waals surface area (Å²) >= 11 is 5.67. The number of rotatable bonds is 3. The summed E-state index contributed by atoms with van der Waals surface area (Å²) in [6.07, 6.45) is 0.602. The minimum absolute atomic E-state index is 0.0136. The molecule has 14 heavy (non-hydrogen) atoms. The first-order valence-electron chi connectivity index (χ1n) is 4.32. The smallest absolute Gasteiger partial charge is 0.145 e. The van der Waals surface area contributed by atoms with E-state index in [9.17, 15) is 4.39 Å². The molecule has 0 amide bonds. The van der Waals surface area contributed by atoms with Crippen molar-refractivity contribution in [2.45, 2.75) is 19.4 Å². The average molecular weight is 218 g/mol. The zero-order valence-electron chi connectivity index (χ0n) is 8.18. The summed E-state index contributed by atoms with van der Waals surface area (Å²) in [5, 5.41) is 0.0147. The van der Waals surface area contributed by atoms with Crippen LogP contribution in [0.15, 0.2) is 12.1 Å². The third-order valence-corrected chi connectivity index (χ3v) is 2.20. The highest BCUT2D eigenvalue weighted by Crippen LogP contribution is 2.28. The largest absolute Gasteiger partial charge is 0.495 e. The quantitative estimate of drug-likeness (QED) is 0.844. The third-order valence-electron chi connectivity index (χ3n) is 1.83. The third kappa shape index (κ3) is 2.59. The van der Waals surface area contributed by atoms with Gasteiger partial charge in [0.05, 0.1) is 7.11 Å². The van der Waals surface area contributed by atoms with Crippen LogP contribution < -0.4 is 10.5 Å². The maximum Gasteiger partial charge on any atom is 0.145 e. The van der Waals surface area contributed by atoms with Gasteiger partial charge in [-0.05, 0) is 31.0 Å². The Morgan fingerprint density at radius 1 is 1.57 bits per heavy atom. The first-order valence-corrected chi connectivity index (χ1v) is 4.70. The van der Waals surface area contributed by atoms with Gasteiger partial charge < -0.3 is 10.5 Å². The minimum atomic E-state index is -0.471. The van der Waals surface area contributed by atoms with E-state index in [2.05, 4.69) is 0 Å². The number of methoxy groups -OCH3 is 1. The first-order chi connectivity index (χ1) is 6.54. The second-order valence-electron chi connectivity index (χ2n) is 3.28. The number of hydrogen-bond acceptors (Lipinski definition) is 2. The van der Waals surface area contributed by atoms with Crippen molar-refractivity contribution in [3.05, 3.63) is 28.5 Å². The highest BCUT2D eigenvalue weighted by Gasteiger charge is 2.10. The van der Waals surface area contributed by atoms with Crippen molar-refractivity contribution < 1.29 is 9.13 Å². The van der Waals surface area contributed by atoms with E-state index in [4.69, 9.17) is 22.1 Å². The molecule has 1 unspecified atom stereocenters. The Kier molecular flexibility index (Phi) is 3.72. The van der Waals surface area contributed by atoms with Crippen LogP contribution in [0.3, 0.4) is 0 Å². The van der Waals surface area contributed by atoms with Gasteiger partial charge in [0.15, 0.2) is 0 Å². The number of hydrogen-bond donors (Lipinski definition) is 1. The molecule has 78 valence electrons. The fraction of sp³-hybridized carbons (Fsp3) is 0.400. The molecule has 4 heteroatoms. The average Bonchev–Trinajstić information content (AvgIpc) is 2.10. The SMILES string of the molecule is COc1cc(CC(C)N)cc(F)c1Cl. The number of benzene rings is 1. The van der Waals surface area contributed by atoms with Crippen LogP contribution in [-0.2, 0) is 6.42 Å². The summed E-state index contributed by atoms with van der Waals surface area (Å²) in [6.45, 7) is 1.86. The molecule has 1 aromatic rings. The molecular formula is C10H13ClFNO. The van der Waals surface area contributed by atoms with Crippen LogP contribution in [0.25, 0.3) is 0 Å². The molecule has 2 nitrogen and oxygen atoms in total. The highest BCUT2D eigenvalue weighted by molar-refractivity contribution is 6.32. The lowest BCUT2D eigenvalue weighted by molar-refractivity contribution is 0.410.